The molecule has 2 aromatic rings. The number of rotatable bonds is 1. The van der Waals surface area contributed by atoms with E-state index in [1.54, 1.807) is 0 Å². The summed E-state index contributed by atoms with van der Waals surface area (Å²) in [4.78, 5) is 11.7. The lowest BCUT2D eigenvalue weighted by Gasteiger charge is -2.25. The number of aryl methyl sites for hydroxylation is 1. The van der Waals surface area contributed by atoms with Gasteiger partial charge in [0.15, 0.2) is 0 Å². The lowest BCUT2D eigenvalue weighted by molar-refractivity contribution is -0.135. The Kier molecular flexibility index (Phi) is 2.63. The molecule has 0 unspecified atom stereocenters. The highest BCUT2D eigenvalue weighted by Crippen LogP contribution is 2.38. The molecule has 90 valence electrons. The third-order valence-electron chi connectivity index (χ3n) is 3.34. The van der Waals surface area contributed by atoms with Gasteiger partial charge < -0.3 is 4.74 Å². The minimum Gasteiger partial charge on any atom is -0.426 e. The first-order valence-electron chi connectivity index (χ1n) is 6.10. The number of hydrogen-bond acceptors (Lipinski definition) is 2. The van der Waals surface area contributed by atoms with Crippen LogP contribution in [0.3, 0.4) is 0 Å². The first kappa shape index (κ1) is 11.0. The summed E-state index contributed by atoms with van der Waals surface area (Å²) in [7, 11) is 0. The third kappa shape index (κ3) is 1.90. The molecule has 18 heavy (non-hydrogen) atoms. The van der Waals surface area contributed by atoms with Crippen LogP contribution in [0.15, 0.2) is 48.5 Å². The number of benzene rings is 2. The van der Waals surface area contributed by atoms with Crippen molar-refractivity contribution in [3.63, 3.8) is 0 Å². The predicted octanol–water partition coefficient (Wildman–Crippen LogP) is 3.44. The van der Waals surface area contributed by atoms with Crippen molar-refractivity contribution in [3.8, 4) is 5.75 Å². The van der Waals surface area contributed by atoms with Crippen molar-refractivity contribution in [2.45, 2.75) is 19.3 Å². The Morgan fingerprint density at radius 2 is 1.89 bits per heavy atom. The molecule has 3 rings (SSSR count). The van der Waals surface area contributed by atoms with Gasteiger partial charge in [-0.05, 0) is 24.1 Å². The molecule has 1 aliphatic rings. The molecular weight excluding hydrogens is 224 g/mol. The maximum absolute atomic E-state index is 11.7. The SMILES string of the molecule is Cc1ccc2c(c1)OC(=O)C[C@@H]2c1ccccc1. The molecule has 1 heterocycles. The highest BCUT2D eigenvalue weighted by atomic mass is 16.5. The zero-order valence-corrected chi connectivity index (χ0v) is 10.2. The molecule has 0 radical (unpaired) electrons. The van der Waals surface area contributed by atoms with E-state index in [9.17, 15) is 4.79 Å². The Morgan fingerprint density at radius 1 is 1.11 bits per heavy atom. The van der Waals surface area contributed by atoms with E-state index in [0.29, 0.717) is 12.2 Å². The summed E-state index contributed by atoms with van der Waals surface area (Å²) in [6.45, 7) is 2.00. The van der Waals surface area contributed by atoms with Gasteiger partial charge in [0.1, 0.15) is 5.75 Å². The minimum absolute atomic E-state index is 0.114. The maximum Gasteiger partial charge on any atom is 0.312 e. The summed E-state index contributed by atoms with van der Waals surface area (Å²) < 4.78 is 5.33. The van der Waals surface area contributed by atoms with Crippen molar-refractivity contribution in [2.24, 2.45) is 0 Å². The normalized spacial score (nSPS) is 18.1. The Bertz CT molecular complexity index is 587. The summed E-state index contributed by atoms with van der Waals surface area (Å²) in [5, 5.41) is 0. The van der Waals surface area contributed by atoms with E-state index >= 15 is 0 Å². The highest BCUT2D eigenvalue weighted by molar-refractivity contribution is 5.77. The monoisotopic (exact) mass is 238 g/mol. The van der Waals surface area contributed by atoms with E-state index in [2.05, 4.69) is 24.3 Å². The van der Waals surface area contributed by atoms with Crippen LogP contribution >= 0.6 is 0 Å². The quantitative estimate of drug-likeness (QED) is 0.562. The van der Waals surface area contributed by atoms with Crippen molar-refractivity contribution < 1.29 is 9.53 Å². The van der Waals surface area contributed by atoms with Crippen molar-refractivity contribution in [2.75, 3.05) is 0 Å². The Morgan fingerprint density at radius 3 is 2.67 bits per heavy atom. The number of ether oxygens (including phenoxy) is 1. The van der Waals surface area contributed by atoms with Crippen molar-refractivity contribution in [3.05, 3.63) is 65.2 Å². The molecule has 0 amide bonds. The number of fused-ring (bicyclic) bond motifs is 1. The smallest absolute Gasteiger partial charge is 0.312 e. The molecule has 2 aromatic carbocycles. The summed E-state index contributed by atoms with van der Waals surface area (Å²) in [5.41, 5.74) is 3.38. The molecule has 0 saturated heterocycles. The molecule has 0 aliphatic carbocycles. The number of carbonyl (C=O) groups excluding carboxylic acids is 1. The molecule has 0 fully saturated rings. The van der Waals surface area contributed by atoms with Gasteiger partial charge in [-0.25, -0.2) is 0 Å². The summed E-state index contributed by atoms with van der Waals surface area (Å²) >= 11 is 0. The Hall–Kier alpha value is -2.09. The number of esters is 1. The van der Waals surface area contributed by atoms with Crippen LogP contribution in [0.5, 0.6) is 5.75 Å². The van der Waals surface area contributed by atoms with Crippen LogP contribution in [0.4, 0.5) is 0 Å². The summed E-state index contributed by atoms with van der Waals surface area (Å²) in [5.74, 6) is 0.671. The molecule has 0 N–H and O–H groups in total. The minimum atomic E-state index is -0.151. The number of carbonyl (C=O) groups is 1. The Balaban J connectivity index is 2.10. The second kappa shape index (κ2) is 4.30. The van der Waals surface area contributed by atoms with Gasteiger partial charge >= 0.3 is 5.97 Å². The van der Waals surface area contributed by atoms with Crippen LogP contribution in [0.2, 0.25) is 0 Å². The third-order valence-corrected chi connectivity index (χ3v) is 3.34. The Labute approximate surface area is 106 Å². The largest absolute Gasteiger partial charge is 0.426 e. The van der Waals surface area contributed by atoms with Gasteiger partial charge in [0.2, 0.25) is 0 Å². The molecule has 0 spiro atoms. The zero-order chi connectivity index (χ0) is 12.5. The molecular formula is C16H14O2. The van der Waals surface area contributed by atoms with Gasteiger partial charge in [0.25, 0.3) is 0 Å². The summed E-state index contributed by atoms with van der Waals surface area (Å²) in [6.07, 6.45) is 0.417. The maximum atomic E-state index is 11.7. The van der Waals surface area contributed by atoms with E-state index in [4.69, 9.17) is 4.74 Å². The van der Waals surface area contributed by atoms with Crippen molar-refractivity contribution >= 4 is 5.97 Å². The zero-order valence-electron chi connectivity index (χ0n) is 10.2. The number of hydrogen-bond donors (Lipinski definition) is 0. The van der Waals surface area contributed by atoms with E-state index in [0.717, 1.165) is 11.1 Å². The molecule has 2 heteroatoms. The lowest BCUT2D eigenvalue weighted by atomic mass is 9.86. The van der Waals surface area contributed by atoms with E-state index in [-0.39, 0.29) is 11.9 Å². The van der Waals surface area contributed by atoms with E-state index in [1.807, 2.05) is 31.2 Å². The fraction of sp³-hybridized carbons (Fsp3) is 0.188. The molecule has 1 aliphatic heterocycles. The van der Waals surface area contributed by atoms with Gasteiger partial charge in [0, 0.05) is 11.5 Å². The van der Waals surface area contributed by atoms with Gasteiger partial charge in [-0.2, -0.15) is 0 Å². The second-order valence-electron chi connectivity index (χ2n) is 4.68. The second-order valence-corrected chi connectivity index (χ2v) is 4.68. The van der Waals surface area contributed by atoms with Gasteiger partial charge in [-0.3, -0.25) is 4.79 Å². The first-order chi connectivity index (χ1) is 8.74. The molecule has 0 bridgehead atoms. The predicted molar refractivity (Wildman–Crippen MR) is 69.7 cm³/mol. The summed E-state index contributed by atoms with van der Waals surface area (Å²) in [6, 6.07) is 16.2. The lowest BCUT2D eigenvalue weighted by Crippen LogP contribution is -2.21. The average molecular weight is 238 g/mol. The van der Waals surface area contributed by atoms with Crippen LogP contribution in [-0.4, -0.2) is 5.97 Å². The molecule has 1 atom stereocenters. The topological polar surface area (TPSA) is 26.3 Å². The highest BCUT2D eigenvalue weighted by Gasteiger charge is 2.28. The molecule has 2 nitrogen and oxygen atoms in total. The van der Waals surface area contributed by atoms with Crippen LogP contribution in [0.1, 0.15) is 29.0 Å². The van der Waals surface area contributed by atoms with Crippen LogP contribution in [-0.2, 0) is 4.79 Å². The average Bonchev–Trinajstić information content (AvgIpc) is 2.38. The fourth-order valence-electron chi connectivity index (χ4n) is 2.44. The fourth-order valence-corrected chi connectivity index (χ4v) is 2.44. The van der Waals surface area contributed by atoms with Gasteiger partial charge in [0.05, 0.1) is 6.42 Å². The van der Waals surface area contributed by atoms with E-state index in [1.165, 1.54) is 5.56 Å². The van der Waals surface area contributed by atoms with Gasteiger partial charge in [-0.15, -0.1) is 0 Å². The molecule has 0 aromatic heterocycles. The van der Waals surface area contributed by atoms with Gasteiger partial charge in [-0.1, -0.05) is 42.5 Å². The van der Waals surface area contributed by atoms with Crippen molar-refractivity contribution in [1.29, 1.82) is 0 Å². The van der Waals surface area contributed by atoms with Crippen LogP contribution < -0.4 is 4.74 Å². The molecule has 0 saturated carbocycles. The van der Waals surface area contributed by atoms with E-state index < -0.39 is 0 Å². The van der Waals surface area contributed by atoms with Crippen molar-refractivity contribution in [1.82, 2.24) is 0 Å². The van der Waals surface area contributed by atoms with Crippen LogP contribution in [0, 0.1) is 6.92 Å². The standard InChI is InChI=1S/C16H14O2/c1-11-7-8-13-14(12-5-3-2-4-6-12)10-16(17)18-15(13)9-11/h2-9,14H,10H2,1H3/t14-/m1/s1. The van der Waals surface area contributed by atoms with Crippen LogP contribution in [0.25, 0.3) is 0 Å². The first-order valence-corrected chi connectivity index (χ1v) is 6.10.